The fourth-order valence-corrected chi connectivity index (χ4v) is 2.89. The maximum Gasteiger partial charge on any atom is 0.274 e. The number of carbonyl (C=O) groups is 2. The molecule has 1 fully saturated rings. The van der Waals surface area contributed by atoms with Gasteiger partial charge in [0, 0.05) is 18.3 Å². The van der Waals surface area contributed by atoms with Crippen molar-refractivity contribution in [3.8, 4) is 0 Å². The predicted molar refractivity (Wildman–Crippen MR) is 68.1 cm³/mol. The molecule has 0 aromatic carbocycles. The van der Waals surface area contributed by atoms with Gasteiger partial charge in [0.15, 0.2) is 0 Å². The molecule has 2 rings (SSSR count). The maximum atomic E-state index is 12.2. The molecule has 1 aromatic rings. The van der Waals surface area contributed by atoms with Gasteiger partial charge < -0.3 is 16.4 Å². The smallest absolute Gasteiger partial charge is 0.274 e. The summed E-state index contributed by atoms with van der Waals surface area (Å²) in [7, 11) is 0. The van der Waals surface area contributed by atoms with E-state index in [2.05, 4.69) is 4.98 Å². The van der Waals surface area contributed by atoms with Crippen LogP contribution in [0.15, 0.2) is 5.38 Å². The molecule has 1 atom stereocenters. The van der Waals surface area contributed by atoms with Crippen LogP contribution in [0.3, 0.4) is 0 Å². The summed E-state index contributed by atoms with van der Waals surface area (Å²) in [6, 6.07) is -0.489. The lowest BCUT2D eigenvalue weighted by Crippen LogP contribution is -2.43. The van der Waals surface area contributed by atoms with E-state index in [9.17, 15) is 9.59 Å². The Bertz CT molecular complexity index is 460. The van der Waals surface area contributed by atoms with Crippen LogP contribution in [-0.2, 0) is 11.2 Å². The van der Waals surface area contributed by atoms with Crippen LogP contribution in [-0.4, -0.2) is 40.8 Å². The van der Waals surface area contributed by atoms with Crippen molar-refractivity contribution in [3.05, 3.63) is 16.1 Å². The molecule has 4 N–H and O–H groups in total. The average molecular weight is 268 g/mol. The van der Waals surface area contributed by atoms with Gasteiger partial charge in [-0.1, -0.05) is 0 Å². The number of hydrogen-bond donors (Lipinski definition) is 2. The van der Waals surface area contributed by atoms with Gasteiger partial charge in [0.2, 0.25) is 5.91 Å². The topological polar surface area (TPSA) is 102 Å². The highest BCUT2D eigenvalue weighted by molar-refractivity contribution is 7.09. The molecule has 98 valence electrons. The Morgan fingerprint density at radius 3 is 3.00 bits per heavy atom. The zero-order valence-electron chi connectivity index (χ0n) is 9.96. The monoisotopic (exact) mass is 268 g/mol. The van der Waals surface area contributed by atoms with Crippen LogP contribution in [0.2, 0.25) is 0 Å². The second-order valence-electron chi connectivity index (χ2n) is 4.22. The van der Waals surface area contributed by atoms with Crippen molar-refractivity contribution < 1.29 is 9.59 Å². The summed E-state index contributed by atoms with van der Waals surface area (Å²) in [5.41, 5.74) is 11.1. The van der Waals surface area contributed by atoms with Crippen molar-refractivity contribution in [2.24, 2.45) is 11.5 Å². The zero-order valence-corrected chi connectivity index (χ0v) is 10.8. The number of nitrogens with two attached hydrogens (primary N) is 2. The minimum absolute atomic E-state index is 0.212. The summed E-state index contributed by atoms with van der Waals surface area (Å²) in [6.45, 7) is 1.07. The van der Waals surface area contributed by atoms with Crippen LogP contribution in [0.1, 0.15) is 28.3 Å². The third-order valence-corrected chi connectivity index (χ3v) is 3.88. The van der Waals surface area contributed by atoms with Crippen LogP contribution >= 0.6 is 11.3 Å². The van der Waals surface area contributed by atoms with Crippen LogP contribution in [0, 0.1) is 0 Å². The lowest BCUT2D eigenvalue weighted by Gasteiger charge is -2.20. The fourth-order valence-electron chi connectivity index (χ4n) is 2.10. The average Bonchev–Trinajstić information content (AvgIpc) is 2.96. The maximum absolute atomic E-state index is 12.2. The van der Waals surface area contributed by atoms with Crippen molar-refractivity contribution in [3.63, 3.8) is 0 Å². The summed E-state index contributed by atoms with van der Waals surface area (Å²) in [5, 5.41) is 2.56. The summed E-state index contributed by atoms with van der Waals surface area (Å²) in [6.07, 6.45) is 2.11. The third kappa shape index (κ3) is 2.51. The van der Waals surface area contributed by atoms with Crippen molar-refractivity contribution in [2.75, 3.05) is 13.1 Å². The Morgan fingerprint density at radius 1 is 1.56 bits per heavy atom. The van der Waals surface area contributed by atoms with E-state index in [0.29, 0.717) is 31.6 Å². The summed E-state index contributed by atoms with van der Waals surface area (Å²) in [5.74, 6) is -0.658. The Labute approximate surface area is 109 Å². The second kappa shape index (κ2) is 5.45. The number of aromatic nitrogens is 1. The highest BCUT2D eigenvalue weighted by Crippen LogP contribution is 2.21. The molecule has 1 unspecified atom stereocenters. The van der Waals surface area contributed by atoms with Crippen molar-refractivity contribution in [2.45, 2.75) is 25.3 Å². The molecule has 1 aliphatic rings. The molecule has 7 heteroatoms. The number of amides is 2. The summed E-state index contributed by atoms with van der Waals surface area (Å²) in [4.78, 5) is 29.2. The first-order valence-electron chi connectivity index (χ1n) is 5.88. The van der Waals surface area contributed by atoms with E-state index in [1.807, 2.05) is 0 Å². The minimum atomic E-state index is -0.489. The minimum Gasteiger partial charge on any atom is -0.368 e. The molecule has 1 saturated heterocycles. The molecular weight excluding hydrogens is 252 g/mol. The molecular formula is C11H16N4O2S. The van der Waals surface area contributed by atoms with Gasteiger partial charge in [-0.25, -0.2) is 4.98 Å². The number of likely N-dealkylation sites (tertiary alicyclic amines) is 1. The largest absolute Gasteiger partial charge is 0.368 e. The van der Waals surface area contributed by atoms with Crippen molar-refractivity contribution >= 4 is 23.2 Å². The number of hydrogen-bond acceptors (Lipinski definition) is 5. The number of thiazole rings is 1. The molecule has 1 aliphatic heterocycles. The van der Waals surface area contributed by atoms with Crippen molar-refractivity contribution in [1.82, 2.24) is 9.88 Å². The first-order valence-corrected chi connectivity index (χ1v) is 6.76. The first-order chi connectivity index (χ1) is 8.63. The molecule has 0 aliphatic carbocycles. The number of rotatable bonds is 4. The van der Waals surface area contributed by atoms with E-state index in [0.717, 1.165) is 11.4 Å². The number of nitrogens with zero attached hydrogens (tertiary/aromatic N) is 2. The second-order valence-corrected chi connectivity index (χ2v) is 5.17. The van der Waals surface area contributed by atoms with Gasteiger partial charge in [-0.15, -0.1) is 11.3 Å². The molecule has 2 heterocycles. The standard InChI is InChI=1S/C11H16N4O2S/c12-4-3-9-14-7(6-18-9)11(17)15-5-1-2-8(15)10(13)16/h6,8H,1-5,12H2,(H2,13,16). The lowest BCUT2D eigenvalue weighted by molar-refractivity contribution is -0.121. The van der Waals surface area contributed by atoms with Gasteiger partial charge in [0.25, 0.3) is 5.91 Å². The van der Waals surface area contributed by atoms with E-state index in [1.54, 1.807) is 5.38 Å². The van der Waals surface area contributed by atoms with Crippen LogP contribution in [0.5, 0.6) is 0 Å². The van der Waals surface area contributed by atoms with Gasteiger partial charge in [-0.05, 0) is 19.4 Å². The third-order valence-electron chi connectivity index (χ3n) is 2.97. The van der Waals surface area contributed by atoms with E-state index in [-0.39, 0.29) is 5.91 Å². The normalized spacial score (nSPS) is 19.2. The molecule has 0 bridgehead atoms. The van der Waals surface area contributed by atoms with E-state index < -0.39 is 11.9 Å². The van der Waals surface area contributed by atoms with Crippen LogP contribution in [0.25, 0.3) is 0 Å². The molecule has 6 nitrogen and oxygen atoms in total. The first kappa shape index (κ1) is 13.0. The molecule has 1 aromatic heterocycles. The fraction of sp³-hybridized carbons (Fsp3) is 0.545. The molecule has 18 heavy (non-hydrogen) atoms. The molecule has 2 amide bonds. The number of primary amides is 1. The highest BCUT2D eigenvalue weighted by Gasteiger charge is 2.33. The molecule has 0 saturated carbocycles. The number of carbonyl (C=O) groups excluding carboxylic acids is 2. The quantitative estimate of drug-likeness (QED) is 0.785. The van der Waals surface area contributed by atoms with Gasteiger partial charge in [-0.2, -0.15) is 0 Å². The summed E-state index contributed by atoms with van der Waals surface area (Å²) >= 11 is 1.42. The Morgan fingerprint density at radius 2 is 2.33 bits per heavy atom. The lowest BCUT2D eigenvalue weighted by atomic mass is 10.2. The van der Waals surface area contributed by atoms with Gasteiger partial charge in [0.1, 0.15) is 11.7 Å². The van der Waals surface area contributed by atoms with Crippen LogP contribution < -0.4 is 11.5 Å². The van der Waals surface area contributed by atoms with E-state index >= 15 is 0 Å². The molecule has 0 radical (unpaired) electrons. The SMILES string of the molecule is NCCc1nc(C(=O)N2CCCC2C(N)=O)cs1. The summed E-state index contributed by atoms with van der Waals surface area (Å²) < 4.78 is 0. The molecule has 0 spiro atoms. The Hall–Kier alpha value is -1.47. The highest BCUT2D eigenvalue weighted by atomic mass is 32.1. The zero-order chi connectivity index (χ0) is 13.1. The Balaban J connectivity index is 2.12. The predicted octanol–water partition coefficient (Wildman–Crippen LogP) is -0.266. The van der Waals surface area contributed by atoms with Gasteiger partial charge in [-0.3, -0.25) is 9.59 Å². The van der Waals surface area contributed by atoms with Crippen molar-refractivity contribution in [1.29, 1.82) is 0 Å². The van der Waals surface area contributed by atoms with E-state index in [4.69, 9.17) is 11.5 Å². The Kier molecular flexibility index (Phi) is 3.93. The van der Waals surface area contributed by atoms with E-state index in [1.165, 1.54) is 16.2 Å². The van der Waals surface area contributed by atoms with Gasteiger partial charge >= 0.3 is 0 Å². The van der Waals surface area contributed by atoms with Crippen LogP contribution in [0.4, 0.5) is 0 Å². The van der Waals surface area contributed by atoms with Gasteiger partial charge in [0.05, 0.1) is 5.01 Å².